The first kappa shape index (κ1) is 12.9. The molecule has 2 nitrogen and oxygen atoms in total. The SMILES string of the molecule is CCn1nc(C)c(Br)c1-c1cc(Cl)cc(Cl)c1. The lowest BCUT2D eigenvalue weighted by molar-refractivity contribution is 0.660. The summed E-state index contributed by atoms with van der Waals surface area (Å²) in [6.45, 7) is 4.81. The number of nitrogens with zero attached hydrogens (tertiary/aromatic N) is 2. The van der Waals surface area contributed by atoms with E-state index in [1.54, 1.807) is 6.07 Å². The Bertz CT molecular complexity index is 544. The molecule has 0 saturated carbocycles. The molecule has 0 saturated heterocycles. The van der Waals surface area contributed by atoms with Crippen LogP contribution < -0.4 is 0 Å². The fraction of sp³-hybridized carbons (Fsp3) is 0.250. The maximum absolute atomic E-state index is 6.03. The van der Waals surface area contributed by atoms with E-state index in [1.165, 1.54) is 0 Å². The fourth-order valence-corrected chi connectivity index (χ4v) is 2.79. The molecule has 0 radical (unpaired) electrons. The van der Waals surface area contributed by atoms with E-state index in [9.17, 15) is 0 Å². The fourth-order valence-electron chi connectivity index (χ4n) is 1.75. The van der Waals surface area contributed by atoms with Crippen molar-refractivity contribution in [2.45, 2.75) is 20.4 Å². The molecule has 17 heavy (non-hydrogen) atoms. The molecule has 1 aromatic heterocycles. The van der Waals surface area contributed by atoms with Crippen LogP contribution in [-0.4, -0.2) is 9.78 Å². The molecule has 5 heteroatoms. The van der Waals surface area contributed by atoms with Crippen LogP contribution in [0.25, 0.3) is 11.3 Å². The normalized spacial score (nSPS) is 10.9. The number of benzene rings is 1. The van der Waals surface area contributed by atoms with Gasteiger partial charge in [-0.1, -0.05) is 23.2 Å². The molecular formula is C12H11BrCl2N2. The van der Waals surface area contributed by atoms with Crippen molar-refractivity contribution in [3.05, 3.63) is 38.4 Å². The standard InChI is InChI=1S/C12H11BrCl2N2/c1-3-17-12(11(13)7(2)16-17)8-4-9(14)6-10(15)5-8/h4-6H,3H2,1-2H3. The Labute approximate surface area is 119 Å². The molecule has 0 N–H and O–H groups in total. The summed E-state index contributed by atoms with van der Waals surface area (Å²) in [6.07, 6.45) is 0. The van der Waals surface area contributed by atoms with Crippen molar-refractivity contribution in [2.24, 2.45) is 0 Å². The zero-order chi connectivity index (χ0) is 12.6. The zero-order valence-corrected chi connectivity index (χ0v) is 12.6. The number of rotatable bonds is 2. The monoisotopic (exact) mass is 332 g/mol. The van der Waals surface area contributed by atoms with Gasteiger partial charge in [-0.05, 0) is 48.0 Å². The lowest BCUT2D eigenvalue weighted by atomic mass is 10.1. The Balaban J connectivity index is 2.67. The summed E-state index contributed by atoms with van der Waals surface area (Å²) in [4.78, 5) is 0. The van der Waals surface area contributed by atoms with Gasteiger partial charge in [-0.2, -0.15) is 5.10 Å². The first-order valence-corrected chi connectivity index (χ1v) is 6.77. The molecule has 0 unspecified atom stereocenters. The van der Waals surface area contributed by atoms with Crippen LogP contribution in [0.1, 0.15) is 12.6 Å². The number of aryl methyl sites for hydroxylation is 2. The molecule has 2 aromatic rings. The van der Waals surface area contributed by atoms with E-state index in [0.717, 1.165) is 28.0 Å². The van der Waals surface area contributed by atoms with Crippen molar-refractivity contribution in [1.29, 1.82) is 0 Å². The highest BCUT2D eigenvalue weighted by Crippen LogP contribution is 2.34. The largest absolute Gasteiger partial charge is 0.264 e. The van der Waals surface area contributed by atoms with Gasteiger partial charge in [-0.3, -0.25) is 4.68 Å². The predicted octanol–water partition coefficient (Wildman–Crippen LogP) is 4.95. The summed E-state index contributed by atoms with van der Waals surface area (Å²) in [5.74, 6) is 0. The summed E-state index contributed by atoms with van der Waals surface area (Å²) < 4.78 is 2.92. The third kappa shape index (κ3) is 2.51. The minimum atomic E-state index is 0.626. The number of hydrogen-bond acceptors (Lipinski definition) is 1. The van der Waals surface area contributed by atoms with Crippen LogP contribution in [0.2, 0.25) is 10.0 Å². The van der Waals surface area contributed by atoms with E-state index in [2.05, 4.69) is 28.0 Å². The Morgan fingerprint density at radius 1 is 1.24 bits per heavy atom. The van der Waals surface area contributed by atoms with Gasteiger partial charge < -0.3 is 0 Å². The molecule has 0 bridgehead atoms. The Hall–Kier alpha value is -0.510. The Kier molecular flexibility index (Phi) is 3.81. The second kappa shape index (κ2) is 5.01. The second-order valence-electron chi connectivity index (χ2n) is 3.72. The van der Waals surface area contributed by atoms with Crippen molar-refractivity contribution in [3.63, 3.8) is 0 Å². The molecule has 0 aliphatic rings. The molecule has 0 spiro atoms. The smallest absolute Gasteiger partial charge is 0.0828 e. The van der Waals surface area contributed by atoms with Gasteiger partial charge in [0.1, 0.15) is 0 Å². The lowest BCUT2D eigenvalue weighted by Crippen LogP contribution is -1.99. The quantitative estimate of drug-likeness (QED) is 0.760. The minimum Gasteiger partial charge on any atom is -0.264 e. The molecule has 1 aromatic carbocycles. The number of aromatic nitrogens is 2. The van der Waals surface area contributed by atoms with Crippen LogP contribution in [0.3, 0.4) is 0 Å². The van der Waals surface area contributed by atoms with Crippen LogP contribution in [0.5, 0.6) is 0 Å². The third-order valence-electron chi connectivity index (χ3n) is 2.49. The van der Waals surface area contributed by atoms with Gasteiger partial charge >= 0.3 is 0 Å². The highest BCUT2D eigenvalue weighted by atomic mass is 79.9. The van der Waals surface area contributed by atoms with E-state index >= 15 is 0 Å². The summed E-state index contributed by atoms with van der Waals surface area (Å²) in [7, 11) is 0. The molecule has 0 fully saturated rings. The average molecular weight is 334 g/mol. The highest BCUT2D eigenvalue weighted by Gasteiger charge is 2.14. The summed E-state index contributed by atoms with van der Waals surface area (Å²) in [6, 6.07) is 5.50. The molecule has 1 heterocycles. The zero-order valence-electron chi connectivity index (χ0n) is 9.47. The minimum absolute atomic E-state index is 0.626. The molecule has 90 valence electrons. The molecule has 0 atom stereocenters. The van der Waals surface area contributed by atoms with E-state index in [0.29, 0.717) is 10.0 Å². The molecule has 2 rings (SSSR count). The van der Waals surface area contributed by atoms with Gasteiger partial charge in [-0.15, -0.1) is 0 Å². The van der Waals surface area contributed by atoms with Crippen LogP contribution >= 0.6 is 39.1 Å². The van der Waals surface area contributed by atoms with Gasteiger partial charge in [0, 0.05) is 22.2 Å². The maximum Gasteiger partial charge on any atom is 0.0828 e. The van der Waals surface area contributed by atoms with Gasteiger partial charge in [-0.25, -0.2) is 0 Å². The van der Waals surface area contributed by atoms with Crippen LogP contribution in [0.15, 0.2) is 22.7 Å². The summed E-state index contributed by atoms with van der Waals surface area (Å²) >= 11 is 15.6. The number of halogens is 3. The summed E-state index contributed by atoms with van der Waals surface area (Å²) in [5.41, 5.74) is 2.93. The van der Waals surface area contributed by atoms with Crippen molar-refractivity contribution in [2.75, 3.05) is 0 Å². The van der Waals surface area contributed by atoms with Crippen molar-refractivity contribution < 1.29 is 0 Å². The van der Waals surface area contributed by atoms with Gasteiger partial charge in [0.2, 0.25) is 0 Å². The highest BCUT2D eigenvalue weighted by molar-refractivity contribution is 9.10. The maximum atomic E-state index is 6.03. The van der Waals surface area contributed by atoms with Crippen molar-refractivity contribution >= 4 is 39.1 Å². The molecular weight excluding hydrogens is 323 g/mol. The van der Waals surface area contributed by atoms with Crippen molar-refractivity contribution in [3.8, 4) is 11.3 Å². The van der Waals surface area contributed by atoms with E-state index in [1.807, 2.05) is 23.7 Å². The van der Waals surface area contributed by atoms with E-state index < -0.39 is 0 Å². The van der Waals surface area contributed by atoms with Crippen LogP contribution in [0, 0.1) is 6.92 Å². The predicted molar refractivity (Wildman–Crippen MR) is 75.8 cm³/mol. The topological polar surface area (TPSA) is 17.8 Å². The van der Waals surface area contributed by atoms with Gasteiger partial charge in [0.05, 0.1) is 15.9 Å². The Morgan fingerprint density at radius 2 is 1.82 bits per heavy atom. The van der Waals surface area contributed by atoms with Crippen LogP contribution in [-0.2, 0) is 6.54 Å². The van der Waals surface area contributed by atoms with Gasteiger partial charge in [0.15, 0.2) is 0 Å². The second-order valence-corrected chi connectivity index (χ2v) is 5.39. The molecule has 0 aliphatic carbocycles. The van der Waals surface area contributed by atoms with Crippen LogP contribution in [0.4, 0.5) is 0 Å². The molecule has 0 amide bonds. The third-order valence-corrected chi connectivity index (χ3v) is 3.88. The Morgan fingerprint density at radius 3 is 2.35 bits per heavy atom. The lowest BCUT2D eigenvalue weighted by Gasteiger charge is -2.07. The first-order chi connectivity index (χ1) is 8.02. The molecule has 0 aliphatic heterocycles. The van der Waals surface area contributed by atoms with E-state index in [4.69, 9.17) is 23.2 Å². The van der Waals surface area contributed by atoms with Crippen molar-refractivity contribution in [1.82, 2.24) is 9.78 Å². The summed E-state index contributed by atoms with van der Waals surface area (Å²) in [5, 5.41) is 5.70. The van der Waals surface area contributed by atoms with E-state index in [-0.39, 0.29) is 0 Å². The van der Waals surface area contributed by atoms with Gasteiger partial charge in [0.25, 0.3) is 0 Å². The average Bonchev–Trinajstić information content (AvgIpc) is 2.53. The number of hydrogen-bond donors (Lipinski definition) is 0. The first-order valence-electron chi connectivity index (χ1n) is 5.22.